The minimum atomic E-state index is -4.42. The van der Waals surface area contributed by atoms with Gasteiger partial charge in [0.2, 0.25) is 0 Å². The van der Waals surface area contributed by atoms with Crippen LogP contribution in [-0.4, -0.2) is 11.7 Å². The standard InChI is InChI=1S/C26H20F3NOS/c1-15-6-8-22-19(11-15)20-14-18(31-3)7-9-23(20)30(22)25-16(2)12-17(26(27,28)29)13-21(25)24-5-4-10-32-24/h4-14H,1-3H3. The van der Waals surface area contributed by atoms with Crippen LogP contribution in [0.1, 0.15) is 16.7 Å². The molecule has 0 aliphatic heterocycles. The number of aromatic nitrogens is 1. The average molecular weight is 452 g/mol. The summed E-state index contributed by atoms with van der Waals surface area (Å²) in [7, 11) is 1.63. The molecule has 5 rings (SSSR count). The summed E-state index contributed by atoms with van der Waals surface area (Å²) in [6.07, 6.45) is -4.42. The summed E-state index contributed by atoms with van der Waals surface area (Å²) in [5.41, 5.74) is 4.24. The number of benzene rings is 3. The minimum Gasteiger partial charge on any atom is -0.497 e. The first kappa shape index (κ1) is 20.6. The Labute approximate surface area is 187 Å². The SMILES string of the molecule is COc1ccc2c(c1)c1cc(C)ccc1n2-c1c(C)cc(C(F)(F)F)cc1-c1cccs1. The van der Waals surface area contributed by atoms with Crippen molar-refractivity contribution in [1.29, 1.82) is 0 Å². The van der Waals surface area contributed by atoms with Gasteiger partial charge >= 0.3 is 6.18 Å². The zero-order valence-electron chi connectivity index (χ0n) is 17.7. The lowest BCUT2D eigenvalue weighted by molar-refractivity contribution is -0.137. The van der Waals surface area contributed by atoms with Gasteiger partial charge in [-0.15, -0.1) is 11.3 Å². The largest absolute Gasteiger partial charge is 0.497 e. The van der Waals surface area contributed by atoms with Gasteiger partial charge in [0.15, 0.2) is 0 Å². The molecule has 32 heavy (non-hydrogen) atoms. The molecule has 0 aliphatic rings. The number of hydrogen-bond donors (Lipinski definition) is 0. The maximum atomic E-state index is 13.7. The molecular weight excluding hydrogens is 431 g/mol. The van der Waals surface area contributed by atoms with E-state index in [9.17, 15) is 13.2 Å². The van der Waals surface area contributed by atoms with Crippen molar-refractivity contribution < 1.29 is 17.9 Å². The predicted octanol–water partition coefficient (Wildman–Crippen LogP) is 8.16. The summed E-state index contributed by atoms with van der Waals surface area (Å²) in [5.74, 6) is 0.737. The molecule has 0 unspecified atom stereocenters. The first-order chi connectivity index (χ1) is 15.3. The summed E-state index contributed by atoms with van der Waals surface area (Å²) in [5, 5.41) is 3.92. The van der Waals surface area contributed by atoms with E-state index in [0.29, 0.717) is 11.1 Å². The Balaban J connectivity index is 1.94. The van der Waals surface area contributed by atoms with E-state index in [1.54, 1.807) is 14.0 Å². The van der Waals surface area contributed by atoms with Crippen LogP contribution in [0.3, 0.4) is 0 Å². The van der Waals surface area contributed by atoms with Crippen LogP contribution in [-0.2, 0) is 6.18 Å². The zero-order chi connectivity index (χ0) is 22.6. The number of ether oxygens (including phenoxy) is 1. The first-order valence-corrected chi connectivity index (χ1v) is 11.0. The van der Waals surface area contributed by atoms with Crippen LogP contribution >= 0.6 is 11.3 Å². The molecular formula is C26H20F3NOS. The van der Waals surface area contributed by atoms with E-state index in [-0.39, 0.29) is 0 Å². The van der Waals surface area contributed by atoms with Crippen LogP contribution in [0.5, 0.6) is 5.75 Å². The zero-order valence-corrected chi connectivity index (χ0v) is 18.6. The Kier molecular flexibility index (Phi) is 4.78. The quantitative estimate of drug-likeness (QED) is 0.270. The molecule has 0 fully saturated rings. The molecule has 0 saturated heterocycles. The normalized spacial score (nSPS) is 12.1. The van der Waals surface area contributed by atoms with Gasteiger partial charge in [-0.3, -0.25) is 0 Å². The molecule has 0 amide bonds. The predicted molar refractivity (Wildman–Crippen MR) is 125 cm³/mol. The molecule has 0 aliphatic carbocycles. The third-order valence-electron chi connectivity index (χ3n) is 5.77. The summed E-state index contributed by atoms with van der Waals surface area (Å²) in [6.45, 7) is 3.78. The average Bonchev–Trinajstić information content (AvgIpc) is 3.39. The number of halogens is 3. The van der Waals surface area contributed by atoms with Crippen molar-refractivity contribution in [3.63, 3.8) is 0 Å². The van der Waals surface area contributed by atoms with Crippen LogP contribution in [0.2, 0.25) is 0 Å². The highest BCUT2D eigenvalue weighted by Crippen LogP contribution is 2.43. The van der Waals surface area contributed by atoms with Gasteiger partial charge in [0.05, 0.1) is 29.4 Å². The lowest BCUT2D eigenvalue weighted by Crippen LogP contribution is -2.08. The van der Waals surface area contributed by atoms with Crippen LogP contribution in [0.25, 0.3) is 37.9 Å². The number of rotatable bonds is 3. The fourth-order valence-corrected chi connectivity index (χ4v) is 5.09. The highest BCUT2D eigenvalue weighted by Gasteiger charge is 2.32. The number of fused-ring (bicyclic) bond motifs is 3. The first-order valence-electron chi connectivity index (χ1n) is 10.1. The van der Waals surface area contributed by atoms with E-state index < -0.39 is 11.7 Å². The summed E-state index contributed by atoms with van der Waals surface area (Å²) >= 11 is 1.43. The van der Waals surface area contributed by atoms with Crippen molar-refractivity contribution in [3.8, 4) is 21.9 Å². The molecule has 6 heteroatoms. The Bertz CT molecular complexity index is 1460. The summed E-state index contributed by atoms with van der Waals surface area (Å²) < 4.78 is 48.6. The molecule has 2 nitrogen and oxygen atoms in total. The molecule has 0 saturated carbocycles. The molecule has 0 atom stereocenters. The van der Waals surface area contributed by atoms with Gasteiger partial charge in [-0.05, 0) is 73.3 Å². The van der Waals surface area contributed by atoms with Gasteiger partial charge in [-0.2, -0.15) is 13.2 Å². The third-order valence-corrected chi connectivity index (χ3v) is 6.67. The number of methoxy groups -OCH3 is 1. The third kappa shape index (κ3) is 3.26. The maximum Gasteiger partial charge on any atom is 0.416 e. The molecule has 0 radical (unpaired) electrons. The molecule has 5 aromatic rings. The Hall–Kier alpha value is -3.25. The van der Waals surface area contributed by atoms with Crippen molar-refractivity contribution in [2.45, 2.75) is 20.0 Å². The van der Waals surface area contributed by atoms with Gasteiger partial charge in [-0.1, -0.05) is 17.7 Å². The van der Waals surface area contributed by atoms with Crippen molar-refractivity contribution in [3.05, 3.63) is 82.7 Å². The number of nitrogens with zero attached hydrogens (tertiary/aromatic N) is 1. The fourth-order valence-electron chi connectivity index (χ4n) is 4.34. The van der Waals surface area contributed by atoms with Crippen LogP contribution < -0.4 is 4.74 Å². The second-order valence-electron chi connectivity index (χ2n) is 7.90. The van der Waals surface area contributed by atoms with Crippen LogP contribution in [0.4, 0.5) is 13.2 Å². The lowest BCUT2D eigenvalue weighted by atomic mass is 10.0. The molecule has 2 heterocycles. The molecule has 0 N–H and O–H groups in total. The second-order valence-corrected chi connectivity index (χ2v) is 8.85. The fraction of sp³-hybridized carbons (Fsp3) is 0.154. The highest BCUT2D eigenvalue weighted by atomic mass is 32.1. The van der Waals surface area contributed by atoms with E-state index in [4.69, 9.17) is 4.74 Å². The van der Waals surface area contributed by atoms with Crippen LogP contribution in [0.15, 0.2) is 66.0 Å². The van der Waals surface area contributed by atoms with Crippen molar-refractivity contribution in [1.82, 2.24) is 4.57 Å². The van der Waals surface area contributed by atoms with E-state index >= 15 is 0 Å². The Morgan fingerprint density at radius 3 is 2.25 bits per heavy atom. The summed E-state index contributed by atoms with van der Waals surface area (Å²) in [6, 6.07) is 18.2. The molecule has 162 valence electrons. The van der Waals surface area contributed by atoms with Crippen LogP contribution in [0, 0.1) is 13.8 Å². The van der Waals surface area contributed by atoms with Gasteiger partial charge in [-0.25, -0.2) is 0 Å². The van der Waals surface area contributed by atoms with E-state index in [2.05, 4.69) is 10.6 Å². The molecule has 0 spiro atoms. The van der Waals surface area contributed by atoms with E-state index in [0.717, 1.165) is 43.7 Å². The van der Waals surface area contributed by atoms with Gasteiger partial charge in [0.25, 0.3) is 0 Å². The topological polar surface area (TPSA) is 14.2 Å². The lowest BCUT2D eigenvalue weighted by Gasteiger charge is -2.19. The van der Waals surface area contributed by atoms with Gasteiger partial charge < -0.3 is 9.30 Å². The Morgan fingerprint density at radius 2 is 1.59 bits per heavy atom. The monoisotopic (exact) mass is 451 g/mol. The number of alkyl halides is 3. The summed E-state index contributed by atoms with van der Waals surface area (Å²) in [4.78, 5) is 0.796. The van der Waals surface area contributed by atoms with E-state index in [1.165, 1.54) is 23.5 Å². The maximum absolute atomic E-state index is 13.7. The smallest absolute Gasteiger partial charge is 0.416 e. The second kappa shape index (κ2) is 7.41. The molecule has 3 aromatic carbocycles. The Morgan fingerprint density at radius 1 is 0.875 bits per heavy atom. The van der Waals surface area contributed by atoms with Gasteiger partial charge in [0, 0.05) is 21.2 Å². The number of aryl methyl sites for hydroxylation is 2. The van der Waals surface area contributed by atoms with Gasteiger partial charge in [0.1, 0.15) is 5.75 Å². The van der Waals surface area contributed by atoms with Crippen molar-refractivity contribution >= 4 is 33.1 Å². The van der Waals surface area contributed by atoms with Crippen molar-refractivity contribution in [2.75, 3.05) is 7.11 Å². The molecule has 0 bridgehead atoms. The van der Waals surface area contributed by atoms with Crippen molar-refractivity contribution in [2.24, 2.45) is 0 Å². The van der Waals surface area contributed by atoms with E-state index in [1.807, 2.05) is 54.8 Å². The number of hydrogen-bond acceptors (Lipinski definition) is 2. The highest BCUT2D eigenvalue weighted by molar-refractivity contribution is 7.13. The minimum absolute atomic E-state index is 0.568. The molecule has 2 aromatic heterocycles. The number of thiophene rings is 1.